The summed E-state index contributed by atoms with van der Waals surface area (Å²) in [4.78, 5) is 26.9. The van der Waals surface area contributed by atoms with E-state index in [1.807, 2.05) is 6.07 Å². The number of hydrogen-bond donors (Lipinski definition) is 3. The summed E-state index contributed by atoms with van der Waals surface area (Å²) >= 11 is 0. The number of amides is 1. The van der Waals surface area contributed by atoms with E-state index in [0.717, 1.165) is 0 Å². The Labute approximate surface area is 114 Å². The van der Waals surface area contributed by atoms with Crippen molar-refractivity contribution in [1.82, 2.24) is 10.3 Å². The van der Waals surface area contributed by atoms with Gasteiger partial charge in [0.2, 0.25) is 5.91 Å². The van der Waals surface area contributed by atoms with Gasteiger partial charge in [0.1, 0.15) is 5.82 Å². The molecule has 1 aliphatic heterocycles. The molecule has 1 unspecified atom stereocenters. The Hall–Kier alpha value is -2.63. The maximum Gasteiger partial charge on any atom is 0.336 e. The Balaban J connectivity index is 1.99. The highest BCUT2D eigenvalue weighted by atomic mass is 16.4. The van der Waals surface area contributed by atoms with E-state index in [4.69, 9.17) is 0 Å². The van der Waals surface area contributed by atoms with Gasteiger partial charge in [-0.3, -0.25) is 4.79 Å². The van der Waals surface area contributed by atoms with Crippen molar-refractivity contribution < 1.29 is 14.7 Å². The molecular formula is C14H13N3O3. The van der Waals surface area contributed by atoms with Crippen LogP contribution < -0.4 is 10.6 Å². The number of hydrogen-bond acceptors (Lipinski definition) is 4. The lowest BCUT2D eigenvalue weighted by molar-refractivity contribution is -0.119. The first-order chi connectivity index (χ1) is 9.63. The molecule has 6 nitrogen and oxygen atoms in total. The third kappa shape index (κ3) is 2.27. The van der Waals surface area contributed by atoms with Gasteiger partial charge in [0.15, 0.2) is 0 Å². The van der Waals surface area contributed by atoms with Gasteiger partial charge in [0.25, 0.3) is 0 Å². The molecule has 0 spiro atoms. The number of pyridine rings is 1. The van der Waals surface area contributed by atoms with Crippen LogP contribution in [0.3, 0.4) is 0 Å². The Morgan fingerprint density at radius 3 is 2.90 bits per heavy atom. The standard InChI is InChI=1S/C14H13N3O3/c18-13-5-8(7-15-13)16-12-6-10(14(19)20)9-3-1-2-4-11(9)17-12/h1-4,6,8H,5,7H2,(H,15,18)(H,16,17)(H,19,20). The molecule has 3 rings (SSSR count). The topological polar surface area (TPSA) is 91.3 Å². The zero-order valence-electron chi connectivity index (χ0n) is 10.6. The van der Waals surface area contributed by atoms with Crippen LogP contribution >= 0.6 is 0 Å². The van der Waals surface area contributed by atoms with Crippen LogP contribution in [-0.2, 0) is 4.79 Å². The average Bonchev–Trinajstić information content (AvgIpc) is 2.83. The number of nitrogens with zero attached hydrogens (tertiary/aromatic N) is 1. The lowest BCUT2D eigenvalue weighted by atomic mass is 10.1. The Kier molecular flexibility index (Phi) is 2.98. The van der Waals surface area contributed by atoms with Gasteiger partial charge in [-0.25, -0.2) is 9.78 Å². The molecule has 1 aromatic heterocycles. The summed E-state index contributed by atoms with van der Waals surface area (Å²) in [5.74, 6) is -0.531. The van der Waals surface area contributed by atoms with Crippen molar-refractivity contribution in [3.05, 3.63) is 35.9 Å². The Bertz CT molecular complexity index is 699. The fourth-order valence-electron chi connectivity index (χ4n) is 2.34. The molecule has 6 heteroatoms. The number of aromatic carboxylic acids is 1. The van der Waals surface area contributed by atoms with Gasteiger partial charge in [-0.05, 0) is 12.1 Å². The second kappa shape index (κ2) is 4.80. The molecule has 1 amide bonds. The first-order valence-electron chi connectivity index (χ1n) is 6.30. The summed E-state index contributed by atoms with van der Waals surface area (Å²) < 4.78 is 0. The normalized spacial score (nSPS) is 18.0. The fraction of sp³-hybridized carbons (Fsp3) is 0.214. The van der Waals surface area contributed by atoms with Gasteiger partial charge in [-0.15, -0.1) is 0 Å². The van der Waals surface area contributed by atoms with Crippen LogP contribution in [0.4, 0.5) is 5.82 Å². The van der Waals surface area contributed by atoms with Crippen molar-refractivity contribution >= 4 is 28.6 Å². The molecule has 1 aliphatic rings. The minimum Gasteiger partial charge on any atom is -0.478 e. The zero-order chi connectivity index (χ0) is 14.1. The van der Waals surface area contributed by atoms with Crippen LogP contribution in [-0.4, -0.2) is 34.6 Å². The Morgan fingerprint density at radius 2 is 2.20 bits per heavy atom. The van der Waals surface area contributed by atoms with Crippen molar-refractivity contribution in [3.8, 4) is 0 Å². The molecule has 20 heavy (non-hydrogen) atoms. The molecule has 0 aliphatic carbocycles. The lowest BCUT2D eigenvalue weighted by Crippen LogP contribution is -2.23. The predicted molar refractivity (Wildman–Crippen MR) is 73.7 cm³/mol. The summed E-state index contributed by atoms with van der Waals surface area (Å²) in [6, 6.07) is 8.54. The van der Waals surface area contributed by atoms with Gasteiger partial charge in [-0.2, -0.15) is 0 Å². The van der Waals surface area contributed by atoms with Crippen molar-refractivity contribution in [1.29, 1.82) is 0 Å². The monoisotopic (exact) mass is 271 g/mol. The van der Waals surface area contributed by atoms with E-state index in [9.17, 15) is 14.7 Å². The number of carbonyl (C=O) groups excluding carboxylic acids is 1. The van der Waals surface area contributed by atoms with E-state index in [0.29, 0.717) is 29.7 Å². The number of para-hydroxylation sites is 1. The molecule has 0 radical (unpaired) electrons. The highest BCUT2D eigenvalue weighted by Gasteiger charge is 2.22. The smallest absolute Gasteiger partial charge is 0.336 e. The largest absolute Gasteiger partial charge is 0.478 e. The maximum absolute atomic E-state index is 11.3. The summed E-state index contributed by atoms with van der Waals surface area (Å²) in [5.41, 5.74) is 0.822. The molecule has 2 aromatic rings. The molecule has 1 saturated heterocycles. The summed E-state index contributed by atoms with van der Waals surface area (Å²) in [5, 5.41) is 15.7. The number of carboxylic acid groups (broad SMARTS) is 1. The third-order valence-electron chi connectivity index (χ3n) is 3.28. The highest BCUT2D eigenvalue weighted by molar-refractivity contribution is 6.03. The lowest BCUT2D eigenvalue weighted by Gasteiger charge is -2.13. The van der Waals surface area contributed by atoms with E-state index in [1.54, 1.807) is 18.2 Å². The Morgan fingerprint density at radius 1 is 1.40 bits per heavy atom. The van der Waals surface area contributed by atoms with Crippen molar-refractivity contribution in [2.45, 2.75) is 12.5 Å². The third-order valence-corrected chi connectivity index (χ3v) is 3.28. The van der Waals surface area contributed by atoms with E-state index >= 15 is 0 Å². The first kappa shape index (κ1) is 12.4. The number of benzene rings is 1. The fourth-order valence-corrected chi connectivity index (χ4v) is 2.34. The molecule has 1 fully saturated rings. The minimum absolute atomic E-state index is 0.0123. The van der Waals surface area contributed by atoms with Gasteiger partial charge < -0.3 is 15.7 Å². The molecule has 1 aromatic carbocycles. The van der Waals surface area contributed by atoms with Crippen molar-refractivity contribution in [2.75, 3.05) is 11.9 Å². The van der Waals surface area contributed by atoms with E-state index in [-0.39, 0.29) is 17.5 Å². The zero-order valence-corrected chi connectivity index (χ0v) is 10.6. The molecule has 102 valence electrons. The van der Waals surface area contributed by atoms with Crippen LogP contribution in [0, 0.1) is 0 Å². The number of aromatic nitrogens is 1. The quantitative estimate of drug-likeness (QED) is 0.781. The number of anilines is 1. The van der Waals surface area contributed by atoms with Gasteiger partial charge >= 0.3 is 5.97 Å². The maximum atomic E-state index is 11.3. The molecule has 3 N–H and O–H groups in total. The number of fused-ring (bicyclic) bond motifs is 1. The summed E-state index contributed by atoms with van der Waals surface area (Å²) in [6.07, 6.45) is 0.372. The number of rotatable bonds is 3. The van der Waals surface area contributed by atoms with Crippen LogP contribution in [0.5, 0.6) is 0 Å². The van der Waals surface area contributed by atoms with Crippen LogP contribution in [0.25, 0.3) is 10.9 Å². The molecule has 0 saturated carbocycles. The summed E-state index contributed by atoms with van der Waals surface area (Å²) in [6.45, 7) is 0.524. The van der Waals surface area contributed by atoms with Crippen LogP contribution in [0.15, 0.2) is 30.3 Å². The molecule has 1 atom stereocenters. The highest BCUT2D eigenvalue weighted by Crippen LogP contribution is 2.21. The second-order valence-electron chi connectivity index (χ2n) is 4.73. The van der Waals surface area contributed by atoms with E-state index < -0.39 is 5.97 Å². The predicted octanol–water partition coefficient (Wildman–Crippen LogP) is 1.23. The van der Waals surface area contributed by atoms with Gasteiger partial charge in [0, 0.05) is 18.4 Å². The minimum atomic E-state index is -0.993. The first-order valence-corrected chi connectivity index (χ1v) is 6.30. The van der Waals surface area contributed by atoms with Crippen molar-refractivity contribution in [2.24, 2.45) is 0 Å². The average molecular weight is 271 g/mol. The van der Waals surface area contributed by atoms with Gasteiger partial charge in [-0.1, -0.05) is 18.2 Å². The SMILES string of the molecule is O=C1CC(Nc2cc(C(=O)O)c3ccccc3n2)CN1. The number of nitrogens with one attached hydrogen (secondary N) is 2. The molecular weight excluding hydrogens is 258 g/mol. The molecule has 2 heterocycles. The van der Waals surface area contributed by atoms with E-state index in [1.165, 1.54) is 6.07 Å². The number of carbonyl (C=O) groups is 2. The van der Waals surface area contributed by atoms with Crippen molar-refractivity contribution in [3.63, 3.8) is 0 Å². The number of carboxylic acids is 1. The summed E-state index contributed by atoms with van der Waals surface area (Å²) in [7, 11) is 0. The van der Waals surface area contributed by atoms with Crippen LogP contribution in [0.2, 0.25) is 0 Å². The second-order valence-corrected chi connectivity index (χ2v) is 4.73. The van der Waals surface area contributed by atoms with E-state index in [2.05, 4.69) is 15.6 Å². The van der Waals surface area contributed by atoms with Crippen LogP contribution in [0.1, 0.15) is 16.8 Å². The van der Waals surface area contributed by atoms with Gasteiger partial charge in [0.05, 0.1) is 17.1 Å². The molecule has 0 bridgehead atoms.